The summed E-state index contributed by atoms with van der Waals surface area (Å²) in [6.45, 7) is 0. The molecule has 0 saturated heterocycles. The summed E-state index contributed by atoms with van der Waals surface area (Å²) in [5, 5.41) is 7.59. The lowest BCUT2D eigenvalue weighted by atomic mass is 9.78. The van der Waals surface area contributed by atoms with E-state index in [1.807, 2.05) is 0 Å². The fourth-order valence-electron chi connectivity index (χ4n) is 8.36. The highest BCUT2D eigenvalue weighted by Crippen LogP contribution is 2.54. The lowest BCUT2D eigenvalue weighted by Gasteiger charge is -2.25. The summed E-state index contributed by atoms with van der Waals surface area (Å²) in [7, 11) is 0. The average Bonchev–Trinajstić information content (AvgIpc) is 3.55. The molecule has 0 nitrogen and oxygen atoms in total. The zero-order chi connectivity index (χ0) is 32.3. The molecule has 0 amide bonds. The van der Waals surface area contributed by atoms with Crippen LogP contribution in [0.1, 0.15) is 11.1 Å². The first-order valence-corrected chi connectivity index (χ1v) is 17.2. The predicted octanol–water partition coefficient (Wildman–Crippen LogP) is 13.4. The zero-order valence-electron chi connectivity index (χ0n) is 27.0. The fraction of sp³-hybridized carbons (Fsp3) is 0.0204. The SMILES string of the molecule is c1ccc(-c2cc3c(c(-c4ccccc4)c2-c2c4ccccc4c(-c4ccc5ccccc5c4)c4ccccc24)-c2ccccc2C3)cc1. The molecule has 0 radical (unpaired) electrons. The molecule has 9 aromatic carbocycles. The van der Waals surface area contributed by atoms with Crippen molar-refractivity contribution in [3.8, 4) is 55.6 Å². The van der Waals surface area contributed by atoms with Crippen molar-refractivity contribution in [2.24, 2.45) is 0 Å². The van der Waals surface area contributed by atoms with E-state index in [0.717, 1.165) is 6.42 Å². The quantitative estimate of drug-likeness (QED) is 0.172. The molecule has 0 fully saturated rings. The molecule has 0 atom stereocenters. The van der Waals surface area contributed by atoms with Crippen LogP contribution in [0.4, 0.5) is 0 Å². The summed E-state index contributed by atoms with van der Waals surface area (Å²) in [5.41, 5.74) is 15.7. The molecule has 0 spiro atoms. The number of hydrogen-bond donors (Lipinski definition) is 0. The van der Waals surface area contributed by atoms with Gasteiger partial charge >= 0.3 is 0 Å². The van der Waals surface area contributed by atoms with E-state index in [0.29, 0.717) is 0 Å². The lowest BCUT2D eigenvalue weighted by Crippen LogP contribution is -1.98. The van der Waals surface area contributed by atoms with Crippen molar-refractivity contribution in [2.75, 3.05) is 0 Å². The van der Waals surface area contributed by atoms with Gasteiger partial charge in [-0.1, -0.05) is 170 Å². The van der Waals surface area contributed by atoms with Gasteiger partial charge in [0.1, 0.15) is 0 Å². The van der Waals surface area contributed by atoms with Crippen LogP contribution in [-0.2, 0) is 6.42 Å². The highest BCUT2D eigenvalue weighted by Gasteiger charge is 2.29. The van der Waals surface area contributed by atoms with Crippen molar-refractivity contribution in [1.82, 2.24) is 0 Å². The van der Waals surface area contributed by atoms with Gasteiger partial charge in [0.2, 0.25) is 0 Å². The van der Waals surface area contributed by atoms with E-state index in [2.05, 4.69) is 182 Å². The van der Waals surface area contributed by atoms with Crippen molar-refractivity contribution in [3.63, 3.8) is 0 Å². The minimum Gasteiger partial charge on any atom is -0.0622 e. The third-order valence-corrected chi connectivity index (χ3v) is 10.4. The summed E-state index contributed by atoms with van der Waals surface area (Å²) in [4.78, 5) is 0. The molecule has 0 N–H and O–H groups in total. The molecular weight excluding hydrogens is 589 g/mol. The minimum absolute atomic E-state index is 0.938. The van der Waals surface area contributed by atoms with Gasteiger partial charge in [0.15, 0.2) is 0 Å². The van der Waals surface area contributed by atoms with E-state index in [1.54, 1.807) is 0 Å². The van der Waals surface area contributed by atoms with Crippen molar-refractivity contribution in [1.29, 1.82) is 0 Å². The maximum absolute atomic E-state index is 2.49. The molecule has 10 rings (SSSR count). The number of fused-ring (bicyclic) bond motifs is 6. The molecule has 0 heterocycles. The maximum atomic E-state index is 2.49. The van der Waals surface area contributed by atoms with Crippen LogP contribution in [0, 0.1) is 0 Å². The van der Waals surface area contributed by atoms with Gasteiger partial charge in [-0.2, -0.15) is 0 Å². The summed E-state index contributed by atoms with van der Waals surface area (Å²) >= 11 is 0. The van der Waals surface area contributed by atoms with Gasteiger partial charge in [0.05, 0.1) is 0 Å². The number of rotatable bonds is 4. The second kappa shape index (κ2) is 11.2. The van der Waals surface area contributed by atoms with E-state index in [9.17, 15) is 0 Å². The van der Waals surface area contributed by atoms with Crippen LogP contribution in [0.15, 0.2) is 182 Å². The van der Waals surface area contributed by atoms with Gasteiger partial charge in [-0.25, -0.2) is 0 Å². The molecule has 0 heteroatoms. The second-order valence-electron chi connectivity index (χ2n) is 13.2. The normalized spacial score (nSPS) is 12.0. The molecule has 1 aliphatic rings. The van der Waals surface area contributed by atoms with Crippen LogP contribution < -0.4 is 0 Å². The Hall–Kier alpha value is -6.24. The van der Waals surface area contributed by atoms with E-state index < -0.39 is 0 Å². The van der Waals surface area contributed by atoms with Crippen LogP contribution in [0.5, 0.6) is 0 Å². The molecule has 0 aliphatic heterocycles. The summed E-state index contributed by atoms with van der Waals surface area (Å²) in [6, 6.07) is 67.3. The standard InChI is InChI=1S/C49H32/c1-3-16-33(17-4-1)44-31-38-30-36-21-9-10-22-39(36)46(38)47(34-18-5-2-6-19-34)49(44)48-42-25-13-11-23-40(42)45(41-24-12-14-26-43(41)48)37-28-27-32-15-7-8-20-35(32)29-37/h1-29,31H,30H2. The Bertz CT molecular complexity index is 2660. The van der Waals surface area contributed by atoms with Gasteiger partial charge in [0.25, 0.3) is 0 Å². The van der Waals surface area contributed by atoms with Crippen molar-refractivity contribution < 1.29 is 0 Å². The van der Waals surface area contributed by atoms with Gasteiger partial charge in [0, 0.05) is 0 Å². The van der Waals surface area contributed by atoms with Crippen LogP contribution in [0.3, 0.4) is 0 Å². The molecule has 0 bridgehead atoms. The molecule has 49 heavy (non-hydrogen) atoms. The first kappa shape index (κ1) is 27.8. The largest absolute Gasteiger partial charge is 0.0622 e. The third kappa shape index (κ3) is 4.38. The van der Waals surface area contributed by atoms with Crippen LogP contribution in [0.25, 0.3) is 88.0 Å². The van der Waals surface area contributed by atoms with Crippen molar-refractivity contribution in [3.05, 3.63) is 193 Å². The highest BCUT2D eigenvalue weighted by molar-refractivity contribution is 6.25. The molecule has 0 aromatic heterocycles. The molecular formula is C49H32. The number of hydrogen-bond acceptors (Lipinski definition) is 0. The molecule has 0 unspecified atom stereocenters. The first-order chi connectivity index (χ1) is 24.3. The van der Waals surface area contributed by atoms with E-state index in [1.165, 1.54) is 99.1 Å². The van der Waals surface area contributed by atoms with Gasteiger partial charge in [-0.15, -0.1) is 0 Å². The Labute approximate surface area is 286 Å². The van der Waals surface area contributed by atoms with Gasteiger partial charge in [-0.05, 0) is 118 Å². The lowest BCUT2D eigenvalue weighted by molar-refractivity contribution is 1.26. The van der Waals surface area contributed by atoms with E-state index >= 15 is 0 Å². The molecule has 9 aromatic rings. The van der Waals surface area contributed by atoms with Crippen molar-refractivity contribution >= 4 is 32.3 Å². The highest BCUT2D eigenvalue weighted by atomic mass is 14.3. The maximum Gasteiger partial charge on any atom is -0.000787 e. The Balaban J connectivity index is 1.41. The Morgan fingerprint density at radius 1 is 0.265 bits per heavy atom. The van der Waals surface area contributed by atoms with Gasteiger partial charge < -0.3 is 0 Å². The molecule has 1 aliphatic carbocycles. The second-order valence-corrected chi connectivity index (χ2v) is 13.2. The van der Waals surface area contributed by atoms with Crippen molar-refractivity contribution in [2.45, 2.75) is 6.42 Å². The third-order valence-electron chi connectivity index (χ3n) is 10.4. The Kier molecular flexibility index (Phi) is 6.35. The monoisotopic (exact) mass is 620 g/mol. The fourth-order valence-corrected chi connectivity index (χ4v) is 8.36. The van der Waals surface area contributed by atoms with Crippen LogP contribution in [-0.4, -0.2) is 0 Å². The Morgan fingerprint density at radius 3 is 1.51 bits per heavy atom. The summed E-state index contributed by atoms with van der Waals surface area (Å²) < 4.78 is 0. The minimum atomic E-state index is 0.938. The van der Waals surface area contributed by atoms with Crippen LogP contribution >= 0.6 is 0 Å². The smallest absolute Gasteiger partial charge is 0.000787 e. The van der Waals surface area contributed by atoms with E-state index in [-0.39, 0.29) is 0 Å². The van der Waals surface area contributed by atoms with E-state index in [4.69, 9.17) is 0 Å². The zero-order valence-corrected chi connectivity index (χ0v) is 27.0. The Morgan fingerprint density at radius 2 is 0.816 bits per heavy atom. The first-order valence-electron chi connectivity index (χ1n) is 17.2. The summed E-state index contributed by atoms with van der Waals surface area (Å²) in [6.07, 6.45) is 0.938. The topological polar surface area (TPSA) is 0 Å². The molecule has 228 valence electrons. The summed E-state index contributed by atoms with van der Waals surface area (Å²) in [5.74, 6) is 0. The van der Waals surface area contributed by atoms with Crippen LogP contribution in [0.2, 0.25) is 0 Å². The number of benzene rings is 9. The molecule has 0 saturated carbocycles. The average molecular weight is 621 g/mol. The van der Waals surface area contributed by atoms with Gasteiger partial charge in [-0.3, -0.25) is 0 Å². The predicted molar refractivity (Wildman–Crippen MR) is 209 cm³/mol.